The first-order valence-electron chi connectivity index (χ1n) is 2.96. The van der Waals surface area contributed by atoms with Gasteiger partial charge in [-0.25, -0.2) is 4.79 Å². The highest BCUT2D eigenvalue weighted by Crippen LogP contribution is 2.03. The second-order valence-corrected chi connectivity index (χ2v) is 2.31. The molecule has 11 heavy (non-hydrogen) atoms. The average Bonchev–Trinajstić information content (AvgIpc) is 1.81. The fraction of sp³-hybridized carbons (Fsp3) is 0.667. The summed E-state index contributed by atoms with van der Waals surface area (Å²) in [5.41, 5.74) is 4.91. The third-order valence-corrected chi connectivity index (χ3v) is 1.11. The number of amides is 1. The summed E-state index contributed by atoms with van der Waals surface area (Å²) in [5, 5.41) is 0. The van der Waals surface area contributed by atoms with E-state index in [2.05, 4.69) is 4.99 Å². The monoisotopic (exact) mass is 160 g/mol. The Kier molecular flexibility index (Phi) is 6.34. The van der Waals surface area contributed by atoms with Gasteiger partial charge in [0.15, 0.2) is 0 Å². The molecule has 0 aromatic heterocycles. The zero-order valence-electron chi connectivity index (χ0n) is 6.50. The molecular weight excluding hydrogens is 148 g/mol. The molecule has 0 fully saturated rings. The summed E-state index contributed by atoms with van der Waals surface area (Å²) < 4.78 is 0. The Morgan fingerprint density at radius 1 is 1.55 bits per heavy atom. The Labute approximate surface area is 64.6 Å². The van der Waals surface area contributed by atoms with Gasteiger partial charge in [0.25, 0.3) is 0 Å². The van der Waals surface area contributed by atoms with Crippen molar-refractivity contribution in [2.24, 2.45) is 16.6 Å². The van der Waals surface area contributed by atoms with Crippen LogP contribution in [0.5, 0.6) is 0 Å². The number of isocyanates is 1. The van der Waals surface area contributed by atoms with Gasteiger partial charge in [-0.15, -0.1) is 0 Å². The zero-order chi connectivity index (χ0) is 8.15. The molecule has 0 aromatic rings. The van der Waals surface area contributed by atoms with Gasteiger partial charge in [0, 0.05) is 0 Å². The SMILES string of the molecule is CC(C)C(N=C=O)C(N)=O.O. The molecular formula is C6H12N2O3. The molecule has 4 N–H and O–H groups in total. The molecule has 1 amide bonds. The summed E-state index contributed by atoms with van der Waals surface area (Å²) in [7, 11) is 0. The Morgan fingerprint density at radius 2 is 2.00 bits per heavy atom. The maximum Gasteiger partial charge on any atom is 0.243 e. The molecule has 0 bridgehead atoms. The topological polar surface area (TPSA) is 104 Å². The molecule has 0 aromatic carbocycles. The van der Waals surface area contributed by atoms with Gasteiger partial charge >= 0.3 is 0 Å². The third kappa shape index (κ3) is 4.25. The Bertz CT molecular complexity index is 171. The lowest BCUT2D eigenvalue weighted by molar-refractivity contribution is -0.120. The Hall–Kier alpha value is -1.19. The van der Waals surface area contributed by atoms with E-state index >= 15 is 0 Å². The summed E-state index contributed by atoms with van der Waals surface area (Å²) in [4.78, 5) is 23.4. The number of rotatable bonds is 3. The van der Waals surface area contributed by atoms with E-state index in [0.717, 1.165) is 0 Å². The van der Waals surface area contributed by atoms with Crippen molar-refractivity contribution in [1.29, 1.82) is 0 Å². The summed E-state index contributed by atoms with van der Waals surface area (Å²) in [5.74, 6) is -0.628. The molecule has 0 aliphatic carbocycles. The summed E-state index contributed by atoms with van der Waals surface area (Å²) in [6.07, 6.45) is 1.30. The van der Waals surface area contributed by atoms with E-state index in [-0.39, 0.29) is 11.4 Å². The molecule has 0 spiro atoms. The zero-order valence-corrected chi connectivity index (χ0v) is 6.50. The minimum atomic E-state index is -0.725. The van der Waals surface area contributed by atoms with Gasteiger partial charge < -0.3 is 11.2 Å². The second kappa shape index (κ2) is 5.58. The van der Waals surface area contributed by atoms with Gasteiger partial charge in [-0.05, 0) is 5.92 Å². The number of carbonyl (C=O) groups excluding carboxylic acids is 2. The number of aliphatic imine (C=N–C) groups is 1. The van der Waals surface area contributed by atoms with Crippen LogP contribution < -0.4 is 5.73 Å². The number of hydrogen-bond donors (Lipinski definition) is 1. The average molecular weight is 160 g/mol. The van der Waals surface area contributed by atoms with Gasteiger partial charge in [-0.3, -0.25) is 4.79 Å². The van der Waals surface area contributed by atoms with Crippen molar-refractivity contribution in [3.63, 3.8) is 0 Å². The first kappa shape index (κ1) is 12.5. The van der Waals surface area contributed by atoms with Crippen LogP contribution in [0.3, 0.4) is 0 Å². The van der Waals surface area contributed by atoms with E-state index in [1.807, 2.05) is 0 Å². The first-order valence-corrected chi connectivity index (χ1v) is 2.96. The number of nitrogens with zero attached hydrogens (tertiary/aromatic N) is 1. The van der Waals surface area contributed by atoms with Crippen molar-refractivity contribution in [2.45, 2.75) is 19.9 Å². The van der Waals surface area contributed by atoms with Crippen molar-refractivity contribution in [1.82, 2.24) is 0 Å². The number of carbonyl (C=O) groups is 1. The van der Waals surface area contributed by atoms with E-state index in [1.165, 1.54) is 6.08 Å². The lowest BCUT2D eigenvalue weighted by atomic mass is 10.1. The smallest absolute Gasteiger partial charge is 0.243 e. The minimum Gasteiger partial charge on any atom is -0.412 e. The molecule has 5 heteroatoms. The van der Waals surface area contributed by atoms with Crippen LogP contribution in [0.4, 0.5) is 0 Å². The molecule has 5 nitrogen and oxygen atoms in total. The van der Waals surface area contributed by atoms with Crippen molar-refractivity contribution in [3.8, 4) is 0 Å². The van der Waals surface area contributed by atoms with Crippen LogP contribution in [0.2, 0.25) is 0 Å². The molecule has 64 valence electrons. The molecule has 0 aliphatic rings. The van der Waals surface area contributed by atoms with Crippen molar-refractivity contribution < 1.29 is 15.1 Å². The maximum absolute atomic E-state index is 10.5. The maximum atomic E-state index is 10.5. The molecule has 1 unspecified atom stereocenters. The Morgan fingerprint density at radius 3 is 2.09 bits per heavy atom. The highest BCUT2D eigenvalue weighted by atomic mass is 16.1. The second-order valence-electron chi connectivity index (χ2n) is 2.31. The van der Waals surface area contributed by atoms with Crippen LogP contribution in [0.1, 0.15) is 13.8 Å². The van der Waals surface area contributed by atoms with Gasteiger partial charge in [0.2, 0.25) is 12.0 Å². The van der Waals surface area contributed by atoms with E-state index in [1.54, 1.807) is 13.8 Å². The first-order chi connectivity index (χ1) is 4.59. The fourth-order valence-electron chi connectivity index (χ4n) is 0.598. The lowest BCUT2D eigenvalue weighted by Crippen LogP contribution is -2.31. The fourth-order valence-corrected chi connectivity index (χ4v) is 0.598. The van der Waals surface area contributed by atoms with Crippen molar-refractivity contribution >= 4 is 12.0 Å². The van der Waals surface area contributed by atoms with E-state index < -0.39 is 11.9 Å². The standard InChI is InChI=1S/C6H10N2O2.H2O/c1-4(2)5(6(7)10)8-3-9;/h4-5H,1-2H3,(H2,7,10);1H2. The van der Waals surface area contributed by atoms with Gasteiger partial charge in [-0.1, -0.05) is 13.8 Å². The molecule has 0 rings (SSSR count). The number of hydrogen-bond acceptors (Lipinski definition) is 3. The van der Waals surface area contributed by atoms with Gasteiger partial charge in [0.1, 0.15) is 6.04 Å². The third-order valence-electron chi connectivity index (χ3n) is 1.11. The van der Waals surface area contributed by atoms with Gasteiger partial charge in [0.05, 0.1) is 0 Å². The minimum absolute atomic E-state index is 0. The summed E-state index contributed by atoms with van der Waals surface area (Å²) in [6, 6.07) is -0.725. The predicted octanol–water partition coefficient (Wildman–Crippen LogP) is -0.993. The number of primary amides is 1. The molecule has 0 saturated heterocycles. The summed E-state index contributed by atoms with van der Waals surface area (Å²) in [6.45, 7) is 3.52. The van der Waals surface area contributed by atoms with E-state index in [4.69, 9.17) is 5.73 Å². The highest BCUT2D eigenvalue weighted by molar-refractivity contribution is 5.81. The number of nitrogens with two attached hydrogens (primary N) is 1. The molecule has 0 heterocycles. The van der Waals surface area contributed by atoms with Crippen LogP contribution >= 0.6 is 0 Å². The molecule has 0 radical (unpaired) electrons. The predicted molar refractivity (Wildman–Crippen MR) is 39.6 cm³/mol. The molecule has 0 saturated carbocycles. The quantitative estimate of drug-likeness (QED) is 0.423. The normalized spacial score (nSPS) is 11.2. The highest BCUT2D eigenvalue weighted by Gasteiger charge is 2.17. The van der Waals surface area contributed by atoms with Crippen LogP contribution in [-0.2, 0) is 9.59 Å². The molecule has 0 aliphatic heterocycles. The van der Waals surface area contributed by atoms with Crippen molar-refractivity contribution in [2.75, 3.05) is 0 Å². The van der Waals surface area contributed by atoms with Crippen LogP contribution in [0, 0.1) is 5.92 Å². The van der Waals surface area contributed by atoms with E-state index in [0.29, 0.717) is 0 Å². The summed E-state index contributed by atoms with van der Waals surface area (Å²) >= 11 is 0. The van der Waals surface area contributed by atoms with Crippen LogP contribution in [0.25, 0.3) is 0 Å². The van der Waals surface area contributed by atoms with Crippen LogP contribution in [-0.4, -0.2) is 23.5 Å². The van der Waals surface area contributed by atoms with Gasteiger partial charge in [-0.2, -0.15) is 4.99 Å². The van der Waals surface area contributed by atoms with Crippen molar-refractivity contribution in [3.05, 3.63) is 0 Å². The largest absolute Gasteiger partial charge is 0.412 e. The van der Waals surface area contributed by atoms with E-state index in [9.17, 15) is 9.59 Å². The molecule has 1 atom stereocenters. The Balaban J connectivity index is 0. The lowest BCUT2D eigenvalue weighted by Gasteiger charge is -2.08. The van der Waals surface area contributed by atoms with Crippen LogP contribution in [0.15, 0.2) is 4.99 Å².